The van der Waals surface area contributed by atoms with Gasteiger partial charge in [-0.2, -0.15) is 5.26 Å². The second-order valence-electron chi connectivity index (χ2n) is 5.49. The Hall–Kier alpha value is -2.61. The zero-order valence-electron chi connectivity index (χ0n) is 14.1. The second-order valence-corrected chi connectivity index (χ2v) is 5.49. The molecule has 0 N–H and O–H groups in total. The van der Waals surface area contributed by atoms with E-state index in [2.05, 4.69) is 6.58 Å². The number of nitrogens with zero attached hydrogens (tertiary/aromatic N) is 2. The average Bonchev–Trinajstić information content (AvgIpc) is 2.61. The molecule has 0 heterocycles. The standard InChI is InChI=1S/C19H24N2O3/c1-3-4-13-18(22)21(2)17(19(23)24-15-14-20)12-8-11-16-9-6-5-7-10-16/h3,5-7,9-10,17H,1,4,8,11-13,15H2,2H3. The summed E-state index contributed by atoms with van der Waals surface area (Å²) in [6, 6.07) is 11.1. The number of hydrogen-bond acceptors (Lipinski definition) is 4. The van der Waals surface area contributed by atoms with Crippen molar-refractivity contribution >= 4 is 11.9 Å². The van der Waals surface area contributed by atoms with Crippen LogP contribution in [0.3, 0.4) is 0 Å². The van der Waals surface area contributed by atoms with E-state index in [0.29, 0.717) is 19.3 Å². The molecule has 0 aromatic heterocycles. The number of carbonyl (C=O) groups is 2. The van der Waals surface area contributed by atoms with Gasteiger partial charge in [0.1, 0.15) is 12.1 Å². The quantitative estimate of drug-likeness (QED) is 0.489. The van der Waals surface area contributed by atoms with E-state index in [-0.39, 0.29) is 12.5 Å². The van der Waals surface area contributed by atoms with Crippen LogP contribution >= 0.6 is 0 Å². The maximum atomic E-state index is 12.2. The Balaban J connectivity index is 2.66. The molecular formula is C19H24N2O3. The fourth-order valence-corrected chi connectivity index (χ4v) is 2.39. The third-order valence-corrected chi connectivity index (χ3v) is 3.76. The van der Waals surface area contributed by atoms with Crippen molar-refractivity contribution in [1.29, 1.82) is 5.26 Å². The van der Waals surface area contributed by atoms with Gasteiger partial charge in [0.15, 0.2) is 6.61 Å². The van der Waals surface area contributed by atoms with Crippen LogP contribution in [0.5, 0.6) is 0 Å². The first-order valence-electron chi connectivity index (χ1n) is 8.04. The highest BCUT2D eigenvalue weighted by molar-refractivity contribution is 5.84. The Labute approximate surface area is 143 Å². The largest absolute Gasteiger partial charge is 0.449 e. The molecule has 1 amide bonds. The molecule has 0 aliphatic heterocycles. The predicted octanol–water partition coefficient (Wildman–Crippen LogP) is 2.87. The monoisotopic (exact) mass is 328 g/mol. The second kappa shape index (κ2) is 11.0. The summed E-state index contributed by atoms with van der Waals surface area (Å²) < 4.78 is 4.92. The van der Waals surface area contributed by atoms with Gasteiger partial charge in [0.25, 0.3) is 0 Å². The molecular weight excluding hydrogens is 304 g/mol. The van der Waals surface area contributed by atoms with E-state index < -0.39 is 12.0 Å². The summed E-state index contributed by atoms with van der Waals surface area (Å²) in [5.74, 6) is -0.660. The van der Waals surface area contributed by atoms with Crippen LogP contribution in [-0.4, -0.2) is 36.5 Å². The van der Waals surface area contributed by atoms with Crippen LogP contribution in [0.4, 0.5) is 0 Å². The molecule has 24 heavy (non-hydrogen) atoms. The van der Waals surface area contributed by atoms with Gasteiger partial charge in [-0.25, -0.2) is 4.79 Å². The maximum Gasteiger partial charge on any atom is 0.329 e. The summed E-state index contributed by atoms with van der Waals surface area (Å²) in [5.41, 5.74) is 1.18. The molecule has 1 aromatic carbocycles. The van der Waals surface area contributed by atoms with Crippen LogP contribution in [-0.2, 0) is 20.7 Å². The minimum absolute atomic E-state index is 0.131. The first kappa shape index (κ1) is 19.4. The van der Waals surface area contributed by atoms with Crippen molar-refractivity contribution in [3.05, 3.63) is 48.6 Å². The summed E-state index contributed by atoms with van der Waals surface area (Å²) >= 11 is 0. The van der Waals surface area contributed by atoms with Gasteiger partial charge in [0, 0.05) is 13.5 Å². The predicted molar refractivity (Wildman–Crippen MR) is 91.9 cm³/mol. The molecule has 128 valence electrons. The minimum atomic E-state index is -0.667. The van der Waals surface area contributed by atoms with Gasteiger partial charge in [-0.3, -0.25) is 4.79 Å². The van der Waals surface area contributed by atoms with Crippen LogP contribution in [0.25, 0.3) is 0 Å². The Bertz CT molecular complexity index is 578. The number of esters is 1. The highest BCUT2D eigenvalue weighted by Gasteiger charge is 2.27. The van der Waals surface area contributed by atoms with Crippen LogP contribution in [0.15, 0.2) is 43.0 Å². The molecule has 0 aliphatic rings. The summed E-state index contributed by atoms with van der Waals surface area (Å²) in [6.07, 6.45) is 4.60. The first-order chi connectivity index (χ1) is 11.6. The molecule has 0 saturated heterocycles. The van der Waals surface area contributed by atoms with Crippen LogP contribution in [0.2, 0.25) is 0 Å². The molecule has 0 fully saturated rings. The van der Waals surface area contributed by atoms with Crippen molar-refractivity contribution in [3.63, 3.8) is 0 Å². The number of allylic oxidation sites excluding steroid dienone is 1. The Kier molecular flexibility index (Phi) is 8.91. The molecule has 1 rings (SSSR count). The fraction of sp³-hybridized carbons (Fsp3) is 0.421. The third kappa shape index (κ3) is 6.66. The number of likely N-dealkylation sites (N-methyl/N-ethyl adjacent to an activating group) is 1. The van der Waals surface area contributed by atoms with Crippen molar-refractivity contribution in [2.24, 2.45) is 0 Å². The summed E-state index contributed by atoms with van der Waals surface area (Å²) in [7, 11) is 1.60. The van der Waals surface area contributed by atoms with Gasteiger partial charge in [-0.1, -0.05) is 36.4 Å². The topological polar surface area (TPSA) is 70.4 Å². The van der Waals surface area contributed by atoms with Gasteiger partial charge >= 0.3 is 5.97 Å². The molecule has 0 spiro atoms. The van der Waals surface area contributed by atoms with Gasteiger partial charge in [0.2, 0.25) is 5.91 Å². The Morgan fingerprint density at radius 2 is 2.08 bits per heavy atom. The lowest BCUT2D eigenvalue weighted by atomic mass is 10.0. The Morgan fingerprint density at radius 1 is 1.38 bits per heavy atom. The summed E-state index contributed by atoms with van der Waals surface area (Å²) in [6.45, 7) is 3.29. The van der Waals surface area contributed by atoms with Crippen molar-refractivity contribution < 1.29 is 14.3 Å². The van der Waals surface area contributed by atoms with E-state index in [4.69, 9.17) is 10.00 Å². The van der Waals surface area contributed by atoms with Crippen molar-refractivity contribution in [1.82, 2.24) is 4.90 Å². The van der Waals surface area contributed by atoms with Crippen molar-refractivity contribution in [3.8, 4) is 6.07 Å². The Morgan fingerprint density at radius 3 is 2.71 bits per heavy atom. The van der Waals surface area contributed by atoms with Gasteiger partial charge in [-0.15, -0.1) is 6.58 Å². The normalized spacial score (nSPS) is 11.2. The number of aryl methyl sites for hydroxylation is 1. The van der Waals surface area contributed by atoms with E-state index in [1.807, 2.05) is 30.3 Å². The highest BCUT2D eigenvalue weighted by Crippen LogP contribution is 2.13. The number of amides is 1. The van der Waals surface area contributed by atoms with Crippen LogP contribution < -0.4 is 0 Å². The molecule has 0 bridgehead atoms. The number of carbonyl (C=O) groups excluding carboxylic acids is 2. The molecule has 1 unspecified atom stereocenters. The van der Waals surface area contributed by atoms with Crippen molar-refractivity contribution in [2.45, 2.75) is 38.1 Å². The lowest BCUT2D eigenvalue weighted by Crippen LogP contribution is -2.43. The molecule has 5 nitrogen and oxygen atoms in total. The van der Waals surface area contributed by atoms with Gasteiger partial charge < -0.3 is 9.64 Å². The van der Waals surface area contributed by atoms with Gasteiger partial charge in [-0.05, 0) is 31.2 Å². The number of rotatable bonds is 10. The summed E-state index contributed by atoms with van der Waals surface area (Å²) in [4.78, 5) is 25.8. The maximum absolute atomic E-state index is 12.2. The van der Waals surface area contributed by atoms with E-state index in [1.165, 1.54) is 10.5 Å². The number of hydrogen-bond donors (Lipinski definition) is 0. The zero-order valence-corrected chi connectivity index (χ0v) is 14.1. The van der Waals surface area contributed by atoms with E-state index in [1.54, 1.807) is 19.2 Å². The first-order valence-corrected chi connectivity index (χ1v) is 8.04. The lowest BCUT2D eigenvalue weighted by molar-refractivity contribution is -0.153. The van der Waals surface area contributed by atoms with E-state index in [9.17, 15) is 9.59 Å². The van der Waals surface area contributed by atoms with Crippen molar-refractivity contribution in [2.75, 3.05) is 13.7 Å². The number of benzene rings is 1. The highest BCUT2D eigenvalue weighted by atomic mass is 16.5. The fourth-order valence-electron chi connectivity index (χ4n) is 2.39. The van der Waals surface area contributed by atoms with E-state index >= 15 is 0 Å². The van der Waals surface area contributed by atoms with Gasteiger partial charge in [0.05, 0.1) is 0 Å². The molecule has 0 saturated carbocycles. The smallest absolute Gasteiger partial charge is 0.329 e. The van der Waals surface area contributed by atoms with Crippen LogP contribution in [0.1, 0.15) is 31.2 Å². The number of ether oxygens (including phenoxy) is 1. The SMILES string of the molecule is C=CCCC(=O)N(C)C(CCCc1ccccc1)C(=O)OCC#N. The molecule has 5 heteroatoms. The number of nitriles is 1. The average molecular weight is 328 g/mol. The summed E-state index contributed by atoms with van der Waals surface area (Å²) in [5, 5.41) is 8.57. The van der Waals surface area contributed by atoms with Crippen LogP contribution in [0, 0.1) is 11.3 Å². The minimum Gasteiger partial charge on any atom is -0.449 e. The molecule has 0 radical (unpaired) electrons. The third-order valence-electron chi connectivity index (χ3n) is 3.76. The van der Waals surface area contributed by atoms with E-state index in [0.717, 1.165) is 12.8 Å². The molecule has 1 aromatic rings. The molecule has 1 atom stereocenters. The zero-order chi connectivity index (χ0) is 17.8. The lowest BCUT2D eigenvalue weighted by Gasteiger charge is -2.26. The molecule has 0 aliphatic carbocycles.